The van der Waals surface area contributed by atoms with Crippen LogP contribution in [0.5, 0.6) is 0 Å². The highest BCUT2D eigenvalue weighted by molar-refractivity contribution is 5.13. The average molecular weight is 169 g/mol. The first-order valence-corrected chi connectivity index (χ1v) is 4.94. The molecular weight excluding hydrogens is 150 g/mol. The summed E-state index contributed by atoms with van der Waals surface area (Å²) in [5.41, 5.74) is 6.66. The van der Waals surface area contributed by atoms with Crippen LogP contribution < -0.4 is 5.73 Å². The molecule has 1 aliphatic rings. The van der Waals surface area contributed by atoms with Gasteiger partial charge >= 0.3 is 0 Å². The van der Waals surface area contributed by atoms with E-state index in [4.69, 9.17) is 5.73 Å². The van der Waals surface area contributed by atoms with Gasteiger partial charge in [0.1, 0.15) is 0 Å². The van der Waals surface area contributed by atoms with E-state index < -0.39 is 0 Å². The predicted molar refractivity (Wildman–Crippen MR) is 51.0 cm³/mol. The van der Waals surface area contributed by atoms with Gasteiger partial charge in [-0.05, 0) is 44.2 Å². The number of nitrogens with two attached hydrogens (primary N) is 1. The van der Waals surface area contributed by atoms with Crippen molar-refractivity contribution in [2.24, 2.45) is 5.73 Å². The third kappa shape index (κ3) is 2.86. The summed E-state index contributed by atoms with van der Waals surface area (Å²) in [6.45, 7) is 0.775. The molecule has 1 fully saturated rings. The summed E-state index contributed by atoms with van der Waals surface area (Å²) in [6, 6.07) is 0. The van der Waals surface area contributed by atoms with Gasteiger partial charge in [0.25, 0.3) is 0 Å². The first kappa shape index (κ1) is 9.59. The lowest BCUT2D eigenvalue weighted by molar-refractivity contribution is 0.358. The van der Waals surface area contributed by atoms with E-state index in [2.05, 4.69) is 0 Å². The van der Waals surface area contributed by atoms with Gasteiger partial charge in [-0.2, -0.15) is 0 Å². The van der Waals surface area contributed by atoms with Gasteiger partial charge in [-0.3, -0.25) is 0 Å². The summed E-state index contributed by atoms with van der Waals surface area (Å²) < 4.78 is 0. The molecule has 0 bridgehead atoms. The Bertz CT molecular complexity index is 157. The van der Waals surface area contributed by atoms with Crippen LogP contribution in [0.2, 0.25) is 0 Å². The van der Waals surface area contributed by atoms with Gasteiger partial charge < -0.3 is 10.8 Å². The fraction of sp³-hybridized carbons (Fsp3) is 0.800. The number of hydrogen-bond acceptors (Lipinski definition) is 2. The van der Waals surface area contributed by atoms with Crippen LogP contribution in [-0.4, -0.2) is 11.7 Å². The maximum Gasteiger partial charge on any atom is 0.0914 e. The lowest BCUT2D eigenvalue weighted by atomic mass is 9.90. The van der Waals surface area contributed by atoms with Crippen molar-refractivity contribution in [3.8, 4) is 0 Å². The Morgan fingerprint density at radius 3 is 2.50 bits per heavy atom. The fourth-order valence-corrected chi connectivity index (χ4v) is 1.43. The number of allylic oxidation sites excluding steroid dienone is 2. The Morgan fingerprint density at radius 2 is 2.00 bits per heavy atom. The van der Waals surface area contributed by atoms with E-state index in [0.717, 1.165) is 45.1 Å². The smallest absolute Gasteiger partial charge is 0.0914 e. The lowest BCUT2D eigenvalue weighted by Crippen LogP contribution is -2.02. The number of rotatable bonds is 5. The summed E-state index contributed by atoms with van der Waals surface area (Å²) in [5.74, 6) is 0.665. The van der Waals surface area contributed by atoms with Crippen molar-refractivity contribution in [2.45, 2.75) is 44.9 Å². The van der Waals surface area contributed by atoms with Crippen LogP contribution in [0.1, 0.15) is 44.9 Å². The molecule has 0 saturated heterocycles. The summed E-state index contributed by atoms with van der Waals surface area (Å²) >= 11 is 0. The van der Waals surface area contributed by atoms with E-state index in [9.17, 15) is 5.11 Å². The molecule has 0 aromatic heterocycles. The minimum Gasteiger partial charge on any atom is -0.512 e. The molecule has 12 heavy (non-hydrogen) atoms. The van der Waals surface area contributed by atoms with Crippen LogP contribution in [0.4, 0.5) is 0 Å². The summed E-state index contributed by atoms with van der Waals surface area (Å²) in [4.78, 5) is 0. The van der Waals surface area contributed by atoms with E-state index >= 15 is 0 Å². The lowest BCUT2D eigenvalue weighted by Gasteiger charge is -2.18. The van der Waals surface area contributed by atoms with E-state index in [1.807, 2.05) is 0 Å². The van der Waals surface area contributed by atoms with Gasteiger partial charge in [0, 0.05) is 6.42 Å². The van der Waals surface area contributed by atoms with Crippen LogP contribution in [0.15, 0.2) is 11.3 Å². The number of aliphatic hydroxyl groups excluding tert-OH is 1. The van der Waals surface area contributed by atoms with Gasteiger partial charge in [0.15, 0.2) is 0 Å². The molecule has 0 heterocycles. The van der Waals surface area contributed by atoms with E-state index in [1.54, 1.807) is 0 Å². The maximum absolute atomic E-state index is 9.52. The fourth-order valence-electron chi connectivity index (χ4n) is 1.43. The molecule has 0 aliphatic heterocycles. The number of hydrogen-bond donors (Lipinski definition) is 2. The van der Waals surface area contributed by atoms with Gasteiger partial charge in [0.05, 0.1) is 5.76 Å². The summed E-state index contributed by atoms with van der Waals surface area (Å²) in [7, 11) is 0. The molecule has 2 nitrogen and oxygen atoms in total. The molecule has 0 amide bonds. The van der Waals surface area contributed by atoms with Crippen LogP contribution in [-0.2, 0) is 0 Å². The topological polar surface area (TPSA) is 46.2 Å². The summed E-state index contributed by atoms with van der Waals surface area (Å²) in [6.07, 6.45) is 7.71. The molecule has 3 N–H and O–H groups in total. The third-order valence-corrected chi connectivity index (χ3v) is 2.48. The molecule has 0 radical (unpaired) electrons. The highest BCUT2D eigenvalue weighted by atomic mass is 16.3. The normalized spacial score (nSPS) is 15.9. The van der Waals surface area contributed by atoms with Gasteiger partial charge in [-0.1, -0.05) is 6.42 Å². The molecule has 0 aromatic carbocycles. The molecule has 0 atom stereocenters. The van der Waals surface area contributed by atoms with Gasteiger partial charge in [-0.25, -0.2) is 0 Å². The first-order valence-electron chi connectivity index (χ1n) is 4.94. The Hall–Kier alpha value is -0.500. The summed E-state index contributed by atoms with van der Waals surface area (Å²) in [5, 5.41) is 9.52. The zero-order valence-electron chi connectivity index (χ0n) is 7.68. The molecule has 1 saturated carbocycles. The second-order valence-electron chi connectivity index (χ2n) is 3.50. The Labute approximate surface area is 74.5 Å². The molecular formula is C10H19NO. The van der Waals surface area contributed by atoms with Crippen molar-refractivity contribution < 1.29 is 5.11 Å². The van der Waals surface area contributed by atoms with Crippen molar-refractivity contribution in [1.29, 1.82) is 0 Å². The standard InChI is InChI=1S/C10H19NO/c11-8-3-1-2-7-10(12)9-5-4-6-9/h12H,1-8,11H2. The molecule has 0 aromatic rings. The quantitative estimate of drug-likeness (QED) is 0.490. The monoisotopic (exact) mass is 169 g/mol. The molecule has 1 rings (SSSR count). The van der Waals surface area contributed by atoms with E-state index in [0.29, 0.717) is 5.76 Å². The van der Waals surface area contributed by atoms with Crippen molar-refractivity contribution in [1.82, 2.24) is 0 Å². The second kappa shape index (κ2) is 5.20. The zero-order chi connectivity index (χ0) is 8.81. The third-order valence-electron chi connectivity index (χ3n) is 2.48. The van der Waals surface area contributed by atoms with Crippen LogP contribution in [0.3, 0.4) is 0 Å². The Morgan fingerprint density at radius 1 is 1.25 bits per heavy atom. The molecule has 1 aliphatic carbocycles. The highest BCUT2D eigenvalue weighted by Gasteiger charge is 2.13. The van der Waals surface area contributed by atoms with Crippen LogP contribution in [0.25, 0.3) is 0 Å². The average Bonchev–Trinajstić information content (AvgIpc) is 1.95. The Kier molecular flexibility index (Phi) is 4.15. The number of aliphatic hydroxyl groups is 1. The van der Waals surface area contributed by atoms with Crippen LogP contribution >= 0.6 is 0 Å². The van der Waals surface area contributed by atoms with Gasteiger partial charge in [-0.15, -0.1) is 0 Å². The molecule has 0 spiro atoms. The highest BCUT2D eigenvalue weighted by Crippen LogP contribution is 2.29. The van der Waals surface area contributed by atoms with E-state index in [-0.39, 0.29) is 0 Å². The minimum atomic E-state index is 0.665. The van der Waals surface area contributed by atoms with Gasteiger partial charge in [0.2, 0.25) is 0 Å². The first-order chi connectivity index (χ1) is 5.84. The van der Waals surface area contributed by atoms with Crippen LogP contribution in [0, 0.1) is 0 Å². The molecule has 0 unspecified atom stereocenters. The van der Waals surface area contributed by atoms with Crippen molar-refractivity contribution in [3.05, 3.63) is 11.3 Å². The van der Waals surface area contributed by atoms with Crippen molar-refractivity contribution >= 4 is 0 Å². The SMILES string of the molecule is NCCCCCC(O)=C1CCC1. The van der Waals surface area contributed by atoms with Crippen molar-refractivity contribution in [3.63, 3.8) is 0 Å². The number of unbranched alkanes of at least 4 members (excludes halogenated alkanes) is 2. The maximum atomic E-state index is 9.52. The largest absolute Gasteiger partial charge is 0.512 e. The second-order valence-corrected chi connectivity index (χ2v) is 3.50. The zero-order valence-corrected chi connectivity index (χ0v) is 7.68. The minimum absolute atomic E-state index is 0.665. The van der Waals surface area contributed by atoms with Crippen molar-refractivity contribution in [2.75, 3.05) is 6.54 Å². The van der Waals surface area contributed by atoms with E-state index in [1.165, 1.54) is 12.0 Å². The Balaban J connectivity index is 2.06. The predicted octanol–water partition coefficient (Wildman–Crippen LogP) is 2.50. The molecule has 70 valence electrons. The molecule has 2 heteroatoms.